The lowest BCUT2D eigenvalue weighted by molar-refractivity contribution is -0.169. The fraction of sp³-hybridized carbons (Fsp3) is 0.846. The van der Waals surface area contributed by atoms with Crippen LogP contribution in [0.4, 0.5) is 0 Å². The smallest absolute Gasteiger partial charge is 0.234 e. The molecule has 1 aliphatic carbocycles. The van der Waals surface area contributed by atoms with E-state index in [1.807, 2.05) is 0 Å². The maximum atomic E-state index is 11.9. The molecule has 0 aromatic carbocycles. The van der Waals surface area contributed by atoms with Gasteiger partial charge in [0.25, 0.3) is 0 Å². The van der Waals surface area contributed by atoms with E-state index in [9.17, 15) is 9.59 Å². The van der Waals surface area contributed by atoms with Crippen LogP contribution in [0.2, 0.25) is 0 Å². The Bertz CT molecular complexity index is 288. The molecule has 0 aromatic rings. The fourth-order valence-electron chi connectivity index (χ4n) is 2.92. The summed E-state index contributed by atoms with van der Waals surface area (Å²) in [5, 5.41) is 0. The molecule has 90 valence electrons. The van der Waals surface area contributed by atoms with Crippen molar-refractivity contribution in [1.29, 1.82) is 0 Å². The molecule has 2 aliphatic rings. The van der Waals surface area contributed by atoms with Crippen molar-refractivity contribution in [1.82, 2.24) is 4.90 Å². The molecule has 0 N–H and O–H groups in total. The van der Waals surface area contributed by atoms with Crippen molar-refractivity contribution in [2.24, 2.45) is 5.92 Å². The molecule has 2 rings (SSSR count). The molecule has 0 bridgehead atoms. The quantitative estimate of drug-likeness (QED) is 0.542. The van der Waals surface area contributed by atoms with Crippen LogP contribution < -0.4 is 0 Å². The summed E-state index contributed by atoms with van der Waals surface area (Å²) in [6.07, 6.45) is 8.06. The SMILES string of the molecule is CCCCCC(=O)N1C(=O)[C@@H]2CCCC[C@@H]21. The van der Waals surface area contributed by atoms with Crippen molar-refractivity contribution in [2.45, 2.75) is 64.3 Å². The first-order valence-corrected chi connectivity index (χ1v) is 6.61. The summed E-state index contributed by atoms with van der Waals surface area (Å²) in [7, 11) is 0. The van der Waals surface area contributed by atoms with Gasteiger partial charge in [-0.15, -0.1) is 0 Å². The number of carbonyl (C=O) groups is 2. The molecule has 3 nitrogen and oxygen atoms in total. The number of hydrogen-bond acceptors (Lipinski definition) is 2. The Balaban J connectivity index is 1.85. The Morgan fingerprint density at radius 2 is 2.06 bits per heavy atom. The van der Waals surface area contributed by atoms with E-state index in [2.05, 4.69) is 6.92 Å². The van der Waals surface area contributed by atoms with E-state index in [0.29, 0.717) is 6.42 Å². The molecule has 3 heteroatoms. The van der Waals surface area contributed by atoms with Gasteiger partial charge < -0.3 is 0 Å². The fourth-order valence-corrected chi connectivity index (χ4v) is 2.92. The van der Waals surface area contributed by atoms with E-state index in [4.69, 9.17) is 0 Å². The van der Waals surface area contributed by atoms with Gasteiger partial charge in [0.2, 0.25) is 11.8 Å². The molecule has 16 heavy (non-hydrogen) atoms. The lowest BCUT2D eigenvalue weighted by Crippen LogP contribution is -2.63. The van der Waals surface area contributed by atoms with Gasteiger partial charge in [-0.25, -0.2) is 0 Å². The number of rotatable bonds is 4. The average Bonchev–Trinajstić information content (AvgIpc) is 2.29. The molecule has 0 spiro atoms. The zero-order valence-corrected chi connectivity index (χ0v) is 10.1. The number of hydrogen-bond donors (Lipinski definition) is 0. The number of fused-ring (bicyclic) bond motifs is 1. The van der Waals surface area contributed by atoms with Crippen LogP contribution in [-0.2, 0) is 9.59 Å². The second kappa shape index (κ2) is 4.98. The second-order valence-electron chi connectivity index (χ2n) is 5.02. The molecular formula is C13H21NO2. The molecule has 0 aromatic heterocycles. The molecule has 0 unspecified atom stereocenters. The summed E-state index contributed by atoms with van der Waals surface area (Å²) >= 11 is 0. The van der Waals surface area contributed by atoms with E-state index >= 15 is 0 Å². The molecule has 0 radical (unpaired) electrons. The largest absolute Gasteiger partial charge is 0.278 e. The van der Waals surface area contributed by atoms with Crippen molar-refractivity contribution >= 4 is 11.8 Å². The van der Waals surface area contributed by atoms with Crippen LogP contribution in [0.5, 0.6) is 0 Å². The van der Waals surface area contributed by atoms with Gasteiger partial charge in [-0.3, -0.25) is 14.5 Å². The summed E-state index contributed by atoms with van der Waals surface area (Å²) in [5.41, 5.74) is 0. The molecular weight excluding hydrogens is 202 g/mol. The van der Waals surface area contributed by atoms with Crippen molar-refractivity contribution in [2.75, 3.05) is 0 Å². The minimum Gasteiger partial charge on any atom is -0.278 e. The molecule has 2 amide bonds. The van der Waals surface area contributed by atoms with E-state index < -0.39 is 0 Å². The highest BCUT2D eigenvalue weighted by Crippen LogP contribution is 2.38. The van der Waals surface area contributed by atoms with E-state index in [1.54, 1.807) is 4.90 Å². The second-order valence-corrected chi connectivity index (χ2v) is 5.02. The van der Waals surface area contributed by atoms with Crippen LogP contribution in [0, 0.1) is 5.92 Å². The summed E-state index contributed by atoms with van der Waals surface area (Å²) < 4.78 is 0. The number of likely N-dealkylation sites (tertiary alicyclic amines) is 1. The van der Waals surface area contributed by atoms with Gasteiger partial charge in [0.05, 0.1) is 12.0 Å². The highest BCUT2D eigenvalue weighted by atomic mass is 16.2. The van der Waals surface area contributed by atoms with Crippen LogP contribution in [0.25, 0.3) is 0 Å². The third-order valence-corrected chi connectivity index (χ3v) is 3.88. The van der Waals surface area contributed by atoms with Crippen molar-refractivity contribution < 1.29 is 9.59 Å². The van der Waals surface area contributed by atoms with Crippen molar-refractivity contribution in [3.8, 4) is 0 Å². The highest BCUT2D eigenvalue weighted by Gasteiger charge is 2.50. The van der Waals surface area contributed by atoms with E-state index in [-0.39, 0.29) is 23.8 Å². The summed E-state index contributed by atoms with van der Waals surface area (Å²) in [4.78, 5) is 25.2. The third-order valence-electron chi connectivity index (χ3n) is 3.88. The normalized spacial score (nSPS) is 28.6. The Kier molecular flexibility index (Phi) is 3.62. The van der Waals surface area contributed by atoms with Gasteiger partial charge in [-0.05, 0) is 19.3 Å². The Morgan fingerprint density at radius 1 is 1.31 bits per heavy atom. The van der Waals surface area contributed by atoms with Gasteiger partial charge in [0.1, 0.15) is 0 Å². The number of nitrogens with zero attached hydrogens (tertiary/aromatic N) is 1. The lowest BCUT2D eigenvalue weighted by Gasteiger charge is -2.48. The minimum atomic E-state index is 0.0709. The molecule has 2 fully saturated rings. The zero-order chi connectivity index (χ0) is 11.5. The number of amides is 2. The number of imide groups is 1. The lowest BCUT2D eigenvalue weighted by atomic mass is 9.76. The van der Waals surface area contributed by atoms with Gasteiger partial charge in [-0.1, -0.05) is 32.6 Å². The molecule has 1 saturated heterocycles. The predicted molar refractivity (Wildman–Crippen MR) is 61.7 cm³/mol. The van der Waals surface area contributed by atoms with Gasteiger partial charge in [-0.2, -0.15) is 0 Å². The van der Waals surface area contributed by atoms with Gasteiger partial charge in [0, 0.05) is 6.42 Å². The topological polar surface area (TPSA) is 37.4 Å². The predicted octanol–water partition coefficient (Wildman–Crippen LogP) is 2.49. The number of unbranched alkanes of at least 4 members (excludes halogenated alkanes) is 2. The summed E-state index contributed by atoms with van der Waals surface area (Å²) in [6, 6.07) is 0.260. The van der Waals surface area contributed by atoms with Crippen LogP contribution in [0.15, 0.2) is 0 Å². The third kappa shape index (κ3) is 2.00. The van der Waals surface area contributed by atoms with Gasteiger partial charge >= 0.3 is 0 Å². The van der Waals surface area contributed by atoms with Crippen LogP contribution in [-0.4, -0.2) is 22.8 Å². The highest BCUT2D eigenvalue weighted by molar-refractivity contribution is 6.02. The first-order chi connectivity index (χ1) is 7.75. The van der Waals surface area contributed by atoms with Crippen molar-refractivity contribution in [3.05, 3.63) is 0 Å². The maximum Gasteiger partial charge on any atom is 0.234 e. The average molecular weight is 223 g/mol. The monoisotopic (exact) mass is 223 g/mol. The van der Waals surface area contributed by atoms with Crippen LogP contribution >= 0.6 is 0 Å². The van der Waals surface area contributed by atoms with E-state index in [1.165, 1.54) is 6.42 Å². The number of carbonyl (C=O) groups excluding carboxylic acids is 2. The Morgan fingerprint density at radius 3 is 2.81 bits per heavy atom. The van der Waals surface area contributed by atoms with Crippen LogP contribution in [0.1, 0.15) is 58.3 Å². The number of β-lactam (4-membered cyclic amide) rings is 1. The summed E-state index contributed by atoms with van der Waals surface area (Å²) in [5.74, 6) is 0.358. The minimum absolute atomic E-state index is 0.0709. The molecule has 1 aliphatic heterocycles. The first-order valence-electron chi connectivity index (χ1n) is 6.61. The first kappa shape index (κ1) is 11.6. The molecule has 2 atom stereocenters. The zero-order valence-electron chi connectivity index (χ0n) is 10.1. The molecule has 1 saturated carbocycles. The maximum absolute atomic E-state index is 11.9. The van der Waals surface area contributed by atoms with Gasteiger partial charge in [0.15, 0.2) is 0 Å². The van der Waals surface area contributed by atoms with E-state index in [0.717, 1.165) is 38.5 Å². The van der Waals surface area contributed by atoms with Crippen molar-refractivity contribution in [3.63, 3.8) is 0 Å². The standard InChI is InChI=1S/C13H21NO2/c1-2-3-4-9-12(15)14-11-8-6-5-7-10(11)13(14)16/h10-11H,2-9H2,1H3/t10-,11+/m1/s1. The molecule has 1 heterocycles. The summed E-state index contributed by atoms with van der Waals surface area (Å²) in [6.45, 7) is 2.12. The van der Waals surface area contributed by atoms with Crippen LogP contribution in [0.3, 0.4) is 0 Å². The Labute approximate surface area is 97.2 Å². The Hall–Kier alpha value is -0.860.